The van der Waals surface area contributed by atoms with Gasteiger partial charge in [-0.25, -0.2) is 4.39 Å². The Kier molecular flexibility index (Phi) is 4.61. The highest BCUT2D eigenvalue weighted by atomic mass is 79.9. The molecule has 2 nitrogen and oxygen atoms in total. The fraction of sp³-hybridized carbons (Fsp3) is 0.625. The van der Waals surface area contributed by atoms with E-state index in [4.69, 9.17) is 0 Å². The standard InChI is InChI=1S/C16H22BrFN2/c17-14-10-13(18)6-7-16(14)20-9-8-19-15(11-20)12-4-2-1-3-5-12/h6-7,10,12,15,19H,1-5,8-9,11H2. The van der Waals surface area contributed by atoms with E-state index in [0.29, 0.717) is 6.04 Å². The third-order valence-electron chi connectivity index (χ3n) is 4.67. The summed E-state index contributed by atoms with van der Waals surface area (Å²) in [5, 5.41) is 3.69. The first-order chi connectivity index (χ1) is 9.74. The zero-order valence-electron chi connectivity index (χ0n) is 11.7. The van der Waals surface area contributed by atoms with Crippen molar-refractivity contribution in [1.82, 2.24) is 5.32 Å². The van der Waals surface area contributed by atoms with Crippen LogP contribution in [0.1, 0.15) is 32.1 Å². The van der Waals surface area contributed by atoms with Crippen LogP contribution in [0.5, 0.6) is 0 Å². The van der Waals surface area contributed by atoms with E-state index >= 15 is 0 Å². The summed E-state index contributed by atoms with van der Waals surface area (Å²) in [6.45, 7) is 3.05. The molecule has 1 saturated carbocycles. The van der Waals surface area contributed by atoms with Crippen LogP contribution in [0.3, 0.4) is 0 Å². The van der Waals surface area contributed by atoms with Crippen molar-refractivity contribution in [1.29, 1.82) is 0 Å². The highest BCUT2D eigenvalue weighted by Crippen LogP contribution is 2.31. The molecule has 110 valence electrons. The fourth-order valence-corrected chi connectivity index (χ4v) is 4.19. The molecule has 1 aromatic rings. The number of nitrogens with zero attached hydrogens (tertiary/aromatic N) is 1. The van der Waals surface area contributed by atoms with Crippen molar-refractivity contribution in [2.75, 3.05) is 24.5 Å². The Bertz CT molecular complexity index is 460. The van der Waals surface area contributed by atoms with Crippen molar-refractivity contribution in [3.05, 3.63) is 28.5 Å². The average Bonchev–Trinajstić information content (AvgIpc) is 2.48. The molecule has 0 radical (unpaired) electrons. The van der Waals surface area contributed by atoms with Crippen molar-refractivity contribution in [3.8, 4) is 0 Å². The second-order valence-electron chi connectivity index (χ2n) is 6.00. The van der Waals surface area contributed by atoms with E-state index in [1.54, 1.807) is 12.1 Å². The normalized spacial score (nSPS) is 24.9. The lowest BCUT2D eigenvalue weighted by molar-refractivity contribution is 0.257. The lowest BCUT2D eigenvalue weighted by Gasteiger charge is -2.40. The molecule has 20 heavy (non-hydrogen) atoms. The van der Waals surface area contributed by atoms with E-state index in [-0.39, 0.29) is 5.82 Å². The van der Waals surface area contributed by atoms with Gasteiger partial charge in [-0.05, 0) is 52.9 Å². The van der Waals surface area contributed by atoms with Crippen molar-refractivity contribution >= 4 is 21.6 Å². The first kappa shape index (κ1) is 14.3. The summed E-state index contributed by atoms with van der Waals surface area (Å²) in [7, 11) is 0. The van der Waals surface area contributed by atoms with Gasteiger partial charge in [-0.2, -0.15) is 0 Å². The molecule has 0 spiro atoms. The minimum absolute atomic E-state index is 0.181. The fourth-order valence-electron chi connectivity index (χ4n) is 3.59. The van der Waals surface area contributed by atoms with Gasteiger partial charge in [0.25, 0.3) is 0 Å². The summed E-state index contributed by atoms with van der Waals surface area (Å²) in [5.41, 5.74) is 1.12. The molecule has 1 heterocycles. The highest BCUT2D eigenvalue weighted by molar-refractivity contribution is 9.10. The van der Waals surface area contributed by atoms with E-state index in [0.717, 1.165) is 35.7 Å². The van der Waals surface area contributed by atoms with Crippen LogP contribution in [-0.4, -0.2) is 25.7 Å². The van der Waals surface area contributed by atoms with Crippen LogP contribution in [-0.2, 0) is 0 Å². The minimum Gasteiger partial charge on any atom is -0.368 e. The van der Waals surface area contributed by atoms with E-state index in [1.165, 1.54) is 32.1 Å². The molecule has 1 N–H and O–H groups in total. The van der Waals surface area contributed by atoms with E-state index in [2.05, 4.69) is 26.1 Å². The predicted octanol–water partition coefficient (Wildman–Crippen LogP) is 3.95. The second-order valence-corrected chi connectivity index (χ2v) is 6.85. The van der Waals surface area contributed by atoms with Crippen LogP contribution in [0, 0.1) is 11.7 Å². The number of piperazine rings is 1. The molecule has 1 aliphatic carbocycles. The van der Waals surface area contributed by atoms with Crippen LogP contribution >= 0.6 is 15.9 Å². The summed E-state index contributed by atoms with van der Waals surface area (Å²) < 4.78 is 14.1. The van der Waals surface area contributed by atoms with E-state index < -0.39 is 0 Å². The minimum atomic E-state index is -0.181. The number of anilines is 1. The first-order valence-electron chi connectivity index (χ1n) is 7.67. The molecule has 1 aliphatic heterocycles. The molecule has 0 amide bonds. The summed E-state index contributed by atoms with van der Waals surface area (Å²) in [6.07, 6.45) is 6.87. The second kappa shape index (κ2) is 6.44. The Morgan fingerprint density at radius 1 is 1.20 bits per heavy atom. The van der Waals surface area contributed by atoms with Crippen LogP contribution < -0.4 is 10.2 Å². The van der Waals surface area contributed by atoms with Crippen molar-refractivity contribution in [3.63, 3.8) is 0 Å². The lowest BCUT2D eigenvalue weighted by atomic mass is 9.83. The van der Waals surface area contributed by atoms with Gasteiger partial charge in [-0.15, -0.1) is 0 Å². The Morgan fingerprint density at radius 2 is 2.00 bits per heavy atom. The maximum Gasteiger partial charge on any atom is 0.124 e. The summed E-state index contributed by atoms with van der Waals surface area (Å²) in [6, 6.07) is 5.59. The number of halogens is 2. The summed E-state index contributed by atoms with van der Waals surface area (Å²) in [5.74, 6) is 0.630. The van der Waals surface area contributed by atoms with E-state index in [9.17, 15) is 4.39 Å². The molecule has 0 bridgehead atoms. The van der Waals surface area contributed by atoms with Crippen LogP contribution in [0.2, 0.25) is 0 Å². The molecule has 1 aromatic carbocycles. The van der Waals surface area contributed by atoms with Crippen LogP contribution in [0.25, 0.3) is 0 Å². The van der Waals surface area contributed by atoms with E-state index in [1.807, 2.05) is 6.07 Å². The molecule has 4 heteroatoms. The quantitative estimate of drug-likeness (QED) is 0.876. The lowest BCUT2D eigenvalue weighted by Crippen LogP contribution is -2.54. The Balaban J connectivity index is 1.71. The summed E-state index contributed by atoms with van der Waals surface area (Å²) in [4.78, 5) is 2.39. The largest absolute Gasteiger partial charge is 0.368 e. The zero-order valence-corrected chi connectivity index (χ0v) is 13.3. The third-order valence-corrected chi connectivity index (χ3v) is 5.31. The van der Waals surface area contributed by atoms with Gasteiger partial charge in [0.1, 0.15) is 5.82 Å². The van der Waals surface area contributed by atoms with Gasteiger partial charge in [0.2, 0.25) is 0 Å². The van der Waals surface area contributed by atoms with Gasteiger partial charge in [0, 0.05) is 30.1 Å². The number of hydrogen-bond donors (Lipinski definition) is 1. The maximum atomic E-state index is 13.2. The zero-order chi connectivity index (χ0) is 13.9. The topological polar surface area (TPSA) is 15.3 Å². The van der Waals surface area contributed by atoms with Gasteiger partial charge in [0.15, 0.2) is 0 Å². The monoisotopic (exact) mass is 340 g/mol. The van der Waals surface area contributed by atoms with Gasteiger partial charge in [-0.1, -0.05) is 19.3 Å². The smallest absolute Gasteiger partial charge is 0.124 e. The number of hydrogen-bond acceptors (Lipinski definition) is 2. The summed E-state index contributed by atoms with van der Waals surface area (Å²) >= 11 is 3.50. The maximum absolute atomic E-state index is 13.2. The van der Waals surface area contributed by atoms with Gasteiger partial charge >= 0.3 is 0 Å². The molecule has 3 rings (SSSR count). The van der Waals surface area contributed by atoms with Gasteiger partial charge < -0.3 is 10.2 Å². The molecular weight excluding hydrogens is 319 g/mol. The van der Waals surface area contributed by atoms with Crippen molar-refractivity contribution in [2.45, 2.75) is 38.1 Å². The molecule has 0 aromatic heterocycles. The Morgan fingerprint density at radius 3 is 2.75 bits per heavy atom. The van der Waals surface area contributed by atoms with Gasteiger partial charge in [0.05, 0.1) is 5.69 Å². The average molecular weight is 341 g/mol. The Labute approximate surface area is 128 Å². The third kappa shape index (κ3) is 3.17. The van der Waals surface area contributed by atoms with Crippen molar-refractivity contribution < 1.29 is 4.39 Å². The first-order valence-corrected chi connectivity index (χ1v) is 8.47. The number of benzene rings is 1. The molecule has 2 fully saturated rings. The van der Waals surface area contributed by atoms with Crippen LogP contribution in [0.15, 0.2) is 22.7 Å². The molecule has 1 unspecified atom stereocenters. The molecule has 1 saturated heterocycles. The molecule has 1 atom stereocenters. The molecule has 2 aliphatic rings. The van der Waals surface area contributed by atoms with Crippen LogP contribution in [0.4, 0.5) is 10.1 Å². The number of rotatable bonds is 2. The molecular formula is C16H22BrFN2. The Hall–Kier alpha value is -0.610. The van der Waals surface area contributed by atoms with Crippen molar-refractivity contribution in [2.24, 2.45) is 5.92 Å². The highest BCUT2D eigenvalue weighted by Gasteiger charge is 2.28. The van der Waals surface area contributed by atoms with Gasteiger partial charge in [-0.3, -0.25) is 0 Å². The number of nitrogens with one attached hydrogen (secondary N) is 1. The predicted molar refractivity (Wildman–Crippen MR) is 84.7 cm³/mol. The SMILES string of the molecule is Fc1ccc(N2CCNC(C3CCCCC3)C2)c(Br)c1.